The summed E-state index contributed by atoms with van der Waals surface area (Å²) in [6, 6.07) is 0.509. The molecule has 128 valence electrons. The molecule has 4 N–H and O–H groups in total. The van der Waals surface area contributed by atoms with Gasteiger partial charge >= 0.3 is 12.4 Å². The number of ether oxygens (including phenoxy) is 1. The lowest BCUT2D eigenvalue weighted by Crippen LogP contribution is -2.46. The zero-order chi connectivity index (χ0) is 17.6. The maximum Gasteiger partial charge on any atom is 0.422 e. The molecule has 0 aromatic carbocycles. The average Bonchev–Trinajstić information content (AvgIpc) is 2.81. The lowest BCUT2D eigenvalue weighted by molar-refractivity contribution is -0.234. The van der Waals surface area contributed by atoms with Crippen molar-refractivity contribution in [3.63, 3.8) is 0 Å². The molecule has 0 bridgehead atoms. The molecule has 1 aromatic heterocycles. The number of nitrogens with one attached hydrogen (secondary N) is 1. The van der Waals surface area contributed by atoms with Crippen LogP contribution in [0.1, 0.15) is 11.3 Å². The Morgan fingerprint density at radius 2 is 1.91 bits per heavy atom. The Hall–Kier alpha value is -2.17. The molecule has 1 aliphatic rings. The normalized spacial score (nSPS) is 21.8. The van der Waals surface area contributed by atoms with Crippen molar-refractivity contribution in [2.24, 2.45) is 0 Å². The van der Waals surface area contributed by atoms with Crippen LogP contribution in [0.2, 0.25) is 0 Å². The minimum atomic E-state index is -4.97. The number of nitrogens with zero attached hydrogens (tertiary/aromatic N) is 1. The van der Waals surface area contributed by atoms with Crippen molar-refractivity contribution in [1.82, 2.24) is 10.3 Å². The van der Waals surface area contributed by atoms with E-state index in [2.05, 4.69) is 15.0 Å². The first kappa shape index (κ1) is 17.2. The van der Waals surface area contributed by atoms with E-state index in [4.69, 9.17) is 5.73 Å². The largest absolute Gasteiger partial charge is 0.481 e. The topological polar surface area (TPSA) is 80.4 Å². The molecule has 1 aromatic rings. The second-order valence-electron chi connectivity index (χ2n) is 4.81. The third-order valence-corrected chi connectivity index (χ3v) is 3.19. The number of rotatable bonds is 2. The van der Waals surface area contributed by atoms with Gasteiger partial charge in [0.1, 0.15) is 11.3 Å². The summed E-state index contributed by atoms with van der Waals surface area (Å²) in [4.78, 5) is 3.51. The Bertz CT molecular complexity index is 655. The van der Waals surface area contributed by atoms with Crippen LogP contribution in [0, 0.1) is 0 Å². The summed E-state index contributed by atoms with van der Waals surface area (Å²) in [7, 11) is 0.931. The zero-order valence-corrected chi connectivity index (χ0v) is 11.5. The fourth-order valence-corrected chi connectivity index (χ4v) is 1.99. The van der Waals surface area contributed by atoms with E-state index < -0.39 is 41.6 Å². The molecule has 0 amide bonds. The smallest absolute Gasteiger partial charge is 0.422 e. The molecule has 0 radical (unpaired) electrons. The standard InChI is InChI=1S/C12H11F6N3O2/c1-23-9-5(11(13,14)15)2-6(19)8(21-9)7-3-10(22,4-20-7)12(16,17)18/h2-3,20,22H,4,19H2,1H3/t10-/m0/s1. The molecule has 1 atom stereocenters. The van der Waals surface area contributed by atoms with Gasteiger partial charge in [-0.05, 0) is 12.1 Å². The van der Waals surface area contributed by atoms with Gasteiger partial charge < -0.3 is 20.9 Å². The van der Waals surface area contributed by atoms with Crippen LogP contribution >= 0.6 is 0 Å². The number of aliphatic hydroxyl groups is 1. The van der Waals surface area contributed by atoms with E-state index in [9.17, 15) is 31.4 Å². The third kappa shape index (κ3) is 3.00. The quantitative estimate of drug-likeness (QED) is 0.715. The summed E-state index contributed by atoms with van der Waals surface area (Å²) in [5.74, 6) is -0.841. The minimum absolute atomic E-state index is 0.339. The zero-order valence-electron chi connectivity index (χ0n) is 11.5. The first-order chi connectivity index (χ1) is 10.4. The van der Waals surface area contributed by atoms with Crippen LogP contribution in [0.4, 0.5) is 32.0 Å². The molecule has 0 saturated heterocycles. The maximum absolute atomic E-state index is 12.8. The van der Waals surface area contributed by atoms with Gasteiger partial charge in [-0.1, -0.05) is 0 Å². The number of nitrogens with two attached hydrogens (primary N) is 1. The third-order valence-electron chi connectivity index (χ3n) is 3.19. The molecule has 23 heavy (non-hydrogen) atoms. The van der Waals surface area contributed by atoms with Gasteiger partial charge in [-0.2, -0.15) is 26.3 Å². The predicted molar refractivity (Wildman–Crippen MR) is 67.2 cm³/mol. The van der Waals surface area contributed by atoms with Crippen molar-refractivity contribution >= 4 is 11.4 Å². The number of anilines is 1. The second kappa shape index (κ2) is 5.18. The number of aromatic nitrogens is 1. The molecule has 0 fully saturated rings. The van der Waals surface area contributed by atoms with Crippen LogP contribution in [-0.2, 0) is 6.18 Å². The molecular weight excluding hydrogens is 332 g/mol. The van der Waals surface area contributed by atoms with Crippen LogP contribution in [0.5, 0.6) is 5.88 Å². The molecule has 0 spiro atoms. The Balaban J connectivity index is 2.52. The van der Waals surface area contributed by atoms with Gasteiger partial charge in [0, 0.05) is 0 Å². The van der Waals surface area contributed by atoms with Crippen molar-refractivity contribution in [2.75, 3.05) is 19.4 Å². The molecule has 2 heterocycles. The van der Waals surface area contributed by atoms with Crippen LogP contribution in [-0.4, -0.2) is 35.5 Å². The molecule has 11 heteroatoms. The van der Waals surface area contributed by atoms with E-state index in [0.717, 1.165) is 7.11 Å². The summed E-state index contributed by atoms with van der Waals surface area (Å²) in [6.07, 6.45) is -9.35. The molecule has 0 aliphatic carbocycles. The maximum atomic E-state index is 12.8. The SMILES string of the molecule is COc1nc(C2=C[C@@](O)(C(F)(F)F)CN2)c(N)cc1C(F)(F)F. The first-order valence-corrected chi connectivity index (χ1v) is 6.07. The monoisotopic (exact) mass is 343 g/mol. The highest BCUT2D eigenvalue weighted by Gasteiger charge is 2.55. The minimum Gasteiger partial charge on any atom is -0.481 e. The summed E-state index contributed by atoms with van der Waals surface area (Å²) >= 11 is 0. The highest BCUT2D eigenvalue weighted by Crippen LogP contribution is 2.40. The molecular formula is C12H11F6N3O2. The fourth-order valence-electron chi connectivity index (χ4n) is 1.99. The number of halogens is 6. The van der Waals surface area contributed by atoms with E-state index in [1.807, 2.05) is 0 Å². The lowest BCUT2D eigenvalue weighted by Gasteiger charge is -2.22. The molecule has 2 rings (SSSR count). The van der Waals surface area contributed by atoms with E-state index >= 15 is 0 Å². The number of pyridine rings is 1. The van der Waals surface area contributed by atoms with E-state index in [1.54, 1.807) is 0 Å². The van der Waals surface area contributed by atoms with Gasteiger partial charge in [0.25, 0.3) is 0 Å². The summed E-state index contributed by atoms with van der Waals surface area (Å²) < 4.78 is 81.2. The van der Waals surface area contributed by atoms with Gasteiger partial charge in [0.05, 0.1) is 25.0 Å². The molecule has 0 unspecified atom stereocenters. The molecule has 0 saturated carbocycles. The highest BCUT2D eigenvalue weighted by molar-refractivity contribution is 5.74. The summed E-state index contributed by atoms with van der Waals surface area (Å²) in [5.41, 5.74) is -0.190. The van der Waals surface area contributed by atoms with Gasteiger partial charge in [-0.15, -0.1) is 0 Å². The predicted octanol–water partition coefficient (Wildman–Crippen LogP) is 1.93. The van der Waals surface area contributed by atoms with Crippen LogP contribution in [0.15, 0.2) is 12.1 Å². The van der Waals surface area contributed by atoms with Gasteiger partial charge in [0.2, 0.25) is 5.88 Å². The summed E-state index contributed by atoms with van der Waals surface area (Å²) in [5, 5.41) is 11.7. The number of alkyl halides is 6. The Labute approximate surface area is 125 Å². The van der Waals surface area contributed by atoms with Crippen molar-refractivity contribution in [2.45, 2.75) is 18.0 Å². The van der Waals surface area contributed by atoms with Crippen molar-refractivity contribution < 1.29 is 36.2 Å². The Morgan fingerprint density at radius 3 is 2.35 bits per heavy atom. The van der Waals surface area contributed by atoms with Crippen LogP contribution < -0.4 is 15.8 Å². The number of nitrogen functional groups attached to an aromatic ring is 1. The van der Waals surface area contributed by atoms with Crippen molar-refractivity contribution in [1.29, 1.82) is 0 Å². The first-order valence-electron chi connectivity index (χ1n) is 6.07. The van der Waals surface area contributed by atoms with E-state index in [1.165, 1.54) is 0 Å². The number of β-amino-alcohol motifs (C(OH)–C–C–N with tert-alkyl or cyclic N) is 1. The fraction of sp³-hybridized carbons (Fsp3) is 0.417. The highest BCUT2D eigenvalue weighted by atomic mass is 19.4. The Kier molecular flexibility index (Phi) is 3.87. The van der Waals surface area contributed by atoms with Crippen molar-refractivity contribution in [3.05, 3.63) is 23.4 Å². The second-order valence-corrected chi connectivity index (χ2v) is 4.81. The lowest BCUT2D eigenvalue weighted by atomic mass is 10.0. The van der Waals surface area contributed by atoms with E-state index in [0.29, 0.717) is 12.1 Å². The van der Waals surface area contributed by atoms with Crippen LogP contribution in [0.25, 0.3) is 5.70 Å². The number of hydrogen-bond acceptors (Lipinski definition) is 5. The van der Waals surface area contributed by atoms with Crippen molar-refractivity contribution in [3.8, 4) is 5.88 Å². The van der Waals surface area contributed by atoms with Gasteiger partial charge in [-0.3, -0.25) is 0 Å². The van der Waals surface area contributed by atoms with Gasteiger partial charge in [-0.25, -0.2) is 4.98 Å². The van der Waals surface area contributed by atoms with E-state index in [-0.39, 0.29) is 11.4 Å². The number of methoxy groups -OCH3 is 1. The van der Waals surface area contributed by atoms with Gasteiger partial charge in [0.15, 0.2) is 5.60 Å². The van der Waals surface area contributed by atoms with Crippen LogP contribution in [0.3, 0.4) is 0 Å². The molecule has 5 nitrogen and oxygen atoms in total. The summed E-state index contributed by atoms with van der Waals surface area (Å²) in [6.45, 7) is -0.906. The number of hydrogen-bond donors (Lipinski definition) is 3. The molecule has 1 aliphatic heterocycles. The Morgan fingerprint density at radius 1 is 1.30 bits per heavy atom. The average molecular weight is 343 g/mol.